The van der Waals surface area contributed by atoms with Crippen molar-refractivity contribution < 1.29 is 61.3 Å². The monoisotopic (exact) mass is 271 g/mol. The summed E-state index contributed by atoms with van der Waals surface area (Å²) in [6.45, 7) is 1.89. The molecular weight excluding hydrogens is 257 g/mol. The third kappa shape index (κ3) is 4.77. The molecule has 1 saturated heterocycles. The van der Waals surface area contributed by atoms with E-state index in [1.165, 1.54) is 18.6 Å². The Hall–Kier alpha value is -0.274. The standard InChI is InChI=1S/C12H15N3O2.K/c16-12(17)10-4-6-11(7-5-10)13-14-15-8-2-1-3-9-15;/h4-7H,1-3,8-9H2,(H,16,17);/q;+1/p-1. The Bertz CT molecular complexity index is 414. The van der Waals surface area contributed by atoms with Crippen LogP contribution in [0, 0.1) is 0 Å². The van der Waals surface area contributed by atoms with Gasteiger partial charge in [-0.15, -0.1) is 5.11 Å². The van der Waals surface area contributed by atoms with E-state index in [1.807, 2.05) is 5.01 Å². The maximum atomic E-state index is 10.5. The zero-order valence-corrected chi connectivity index (χ0v) is 13.6. The minimum absolute atomic E-state index is 0. The summed E-state index contributed by atoms with van der Waals surface area (Å²) in [5.41, 5.74) is 0.808. The molecule has 6 heteroatoms. The molecule has 1 fully saturated rings. The van der Waals surface area contributed by atoms with Crippen molar-refractivity contribution >= 4 is 11.7 Å². The van der Waals surface area contributed by atoms with Crippen LogP contribution in [-0.2, 0) is 0 Å². The number of carbonyl (C=O) groups is 1. The van der Waals surface area contributed by atoms with E-state index in [4.69, 9.17) is 0 Å². The second kappa shape index (κ2) is 8.01. The molecule has 0 amide bonds. The van der Waals surface area contributed by atoms with E-state index in [0.717, 1.165) is 25.9 Å². The molecule has 0 aliphatic carbocycles. The van der Waals surface area contributed by atoms with Crippen LogP contribution in [0.15, 0.2) is 34.6 Å². The van der Waals surface area contributed by atoms with Crippen LogP contribution in [0.2, 0.25) is 0 Å². The molecule has 0 atom stereocenters. The van der Waals surface area contributed by atoms with Gasteiger partial charge in [0, 0.05) is 13.1 Å². The Kier molecular flexibility index (Phi) is 7.02. The smallest absolute Gasteiger partial charge is 0.545 e. The maximum Gasteiger partial charge on any atom is 1.00 e. The molecule has 0 radical (unpaired) electrons. The number of rotatable bonds is 3. The summed E-state index contributed by atoms with van der Waals surface area (Å²) in [5.74, 6) is -1.18. The van der Waals surface area contributed by atoms with E-state index in [0.29, 0.717) is 5.69 Å². The molecule has 1 heterocycles. The molecule has 2 rings (SSSR count). The number of benzene rings is 1. The van der Waals surface area contributed by atoms with Gasteiger partial charge >= 0.3 is 51.4 Å². The largest absolute Gasteiger partial charge is 1.00 e. The van der Waals surface area contributed by atoms with Crippen LogP contribution in [-0.4, -0.2) is 24.1 Å². The van der Waals surface area contributed by atoms with Crippen molar-refractivity contribution in [2.45, 2.75) is 19.3 Å². The van der Waals surface area contributed by atoms with Gasteiger partial charge in [0.1, 0.15) is 0 Å². The number of piperidine rings is 1. The predicted molar refractivity (Wildman–Crippen MR) is 60.7 cm³/mol. The first-order valence-corrected chi connectivity index (χ1v) is 5.74. The zero-order chi connectivity index (χ0) is 12.1. The van der Waals surface area contributed by atoms with Crippen molar-refractivity contribution in [2.24, 2.45) is 10.3 Å². The molecule has 1 aromatic carbocycles. The van der Waals surface area contributed by atoms with E-state index in [9.17, 15) is 9.90 Å². The quantitative estimate of drug-likeness (QED) is 0.498. The number of hydrogen-bond donors (Lipinski definition) is 0. The number of nitrogens with zero attached hydrogens (tertiary/aromatic N) is 3. The number of hydrogen-bond acceptors (Lipinski definition) is 4. The molecule has 5 nitrogen and oxygen atoms in total. The average molecular weight is 271 g/mol. The van der Waals surface area contributed by atoms with Crippen LogP contribution in [0.3, 0.4) is 0 Å². The first-order valence-electron chi connectivity index (χ1n) is 5.74. The molecule has 1 aliphatic heterocycles. The molecule has 0 N–H and O–H groups in total. The summed E-state index contributed by atoms with van der Waals surface area (Å²) in [5, 5.41) is 20.7. The third-order valence-corrected chi connectivity index (χ3v) is 2.72. The van der Waals surface area contributed by atoms with Gasteiger partial charge in [-0.3, -0.25) is 5.01 Å². The number of aromatic carboxylic acids is 1. The topological polar surface area (TPSA) is 68.1 Å². The molecule has 0 aromatic heterocycles. The molecule has 18 heavy (non-hydrogen) atoms. The fraction of sp³-hybridized carbons (Fsp3) is 0.417. The molecule has 0 spiro atoms. The summed E-state index contributed by atoms with van der Waals surface area (Å²) in [4.78, 5) is 10.5. The fourth-order valence-corrected chi connectivity index (χ4v) is 1.75. The van der Waals surface area contributed by atoms with Gasteiger partial charge in [-0.1, -0.05) is 17.4 Å². The van der Waals surface area contributed by atoms with Gasteiger partial charge in [0.05, 0.1) is 11.7 Å². The van der Waals surface area contributed by atoms with Crippen LogP contribution in [0.1, 0.15) is 29.6 Å². The molecular formula is C12H14KN3O2. The van der Waals surface area contributed by atoms with Gasteiger partial charge in [-0.2, -0.15) is 0 Å². The van der Waals surface area contributed by atoms with E-state index in [-0.39, 0.29) is 56.9 Å². The zero-order valence-electron chi connectivity index (χ0n) is 10.5. The van der Waals surface area contributed by atoms with Crippen molar-refractivity contribution in [1.29, 1.82) is 0 Å². The Morgan fingerprint density at radius 3 is 2.28 bits per heavy atom. The Morgan fingerprint density at radius 2 is 1.72 bits per heavy atom. The molecule has 1 aromatic rings. The second-order valence-corrected chi connectivity index (χ2v) is 4.04. The van der Waals surface area contributed by atoms with Crippen LogP contribution < -0.4 is 56.5 Å². The first kappa shape index (κ1) is 15.8. The molecule has 0 bridgehead atoms. The van der Waals surface area contributed by atoms with E-state index < -0.39 is 5.97 Å². The SMILES string of the molecule is O=C([O-])c1ccc(N=NN2CCCCC2)cc1.[K+]. The molecule has 0 unspecified atom stereocenters. The van der Waals surface area contributed by atoms with E-state index in [2.05, 4.69) is 10.3 Å². The summed E-state index contributed by atoms with van der Waals surface area (Å²) >= 11 is 0. The van der Waals surface area contributed by atoms with Crippen molar-refractivity contribution in [3.8, 4) is 0 Å². The fourth-order valence-electron chi connectivity index (χ4n) is 1.75. The van der Waals surface area contributed by atoms with Gasteiger partial charge in [0.2, 0.25) is 0 Å². The van der Waals surface area contributed by atoms with Crippen molar-refractivity contribution in [3.05, 3.63) is 29.8 Å². The molecule has 1 aliphatic rings. The first-order chi connectivity index (χ1) is 8.25. The number of carboxylic acids is 1. The summed E-state index contributed by atoms with van der Waals surface area (Å²) in [7, 11) is 0. The Morgan fingerprint density at radius 1 is 1.11 bits per heavy atom. The Balaban J connectivity index is 0.00000162. The molecule has 0 saturated carbocycles. The Labute approximate surface area is 149 Å². The van der Waals surface area contributed by atoms with Crippen LogP contribution in [0.5, 0.6) is 0 Å². The number of carbonyl (C=O) groups excluding carboxylic acids is 1. The van der Waals surface area contributed by atoms with Gasteiger partial charge in [0.25, 0.3) is 0 Å². The maximum absolute atomic E-state index is 10.5. The number of carboxylic acid groups (broad SMARTS) is 1. The summed E-state index contributed by atoms with van der Waals surface area (Å²) in [6, 6.07) is 6.19. The van der Waals surface area contributed by atoms with Crippen molar-refractivity contribution in [3.63, 3.8) is 0 Å². The van der Waals surface area contributed by atoms with E-state index >= 15 is 0 Å². The van der Waals surface area contributed by atoms with Crippen LogP contribution >= 0.6 is 0 Å². The van der Waals surface area contributed by atoms with Gasteiger partial charge in [0.15, 0.2) is 0 Å². The minimum Gasteiger partial charge on any atom is -0.545 e. The van der Waals surface area contributed by atoms with E-state index in [1.54, 1.807) is 12.1 Å². The predicted octanol–water partition coefficient (Wildman–Crippen LogP) is -1.46. The third-order valence-electron chi connectivity index (χ3n) is 2.72. The second-order valence-electron chi connectivity index (χ2n) is 4.04. The minimum atomic E-state index is -1.18. The summed E-state index contributed by atoms with van der Waals surface area (Å²) < 4.78 is 0. The van der Waals surface area contributed by atoms with Gasteiger partial charge < -0.3 is 9.90 Å². The normalized spacial score (nSPS) is 15.4. The van der Waals surface area contributed by atoms with Crippen LogP contribution in [0.25, 0.3) is 0 Å². The van der Waals surface area contributed by atoms with Gasteiger partial charge in [-0.05, 0) is 37.0 Å². The van der Waals surface area contributed by atoms with Crippen molar-refractivity contribution in [2.75, 3.05) is 13.1 Å². The molecule has 90 valence electrons. The van der Waals surface area contributed by atoms with Crippen LogP contribution in [0.4, 0.5) is 5.69 Å². The average Bonchev–Trinajstić information content (AvgIpc) is 2.38. The van der Waals surface area contributed by atoms with Crippen molar-refractivity contribution in [1.82, 2.24) is 5.01 Å². The summed E-state index contributed by atoms with van der Waals surface area (Å²) in [6.07, 6.45) is 3.57. The van der Waals surface area contributed by atoms with Gasteiger partial charge in [-0.25, -0.2) is 0 Å².